The zero-order valence-electron chi connectivity index (χ0n) is 14.6. The van der Waals surface area contributed by atoms with Gasteiger partial charge in [-0.1, -0.05) is 36.4 Å². The van der Waals surface area contributed by atoms with E-state index in [9.17, 15) is 9.59 Å². The van der Waals surface area contributed by atoms with Gasteiger partial charge in [0.05, 0.1) is 6.21 Å². The molecule has 1 atom stereocenters. The molecule has 6 nitrogen and oxygen atoms in total. The molecule has 0 bridgehead atoms. The number of fused-ring (bicyclic) bond motifs is 1. The summed E-state index contributed by atoms with van der Waals surface area (Å²) in [7, 11) is 0. The highest BCUT2D eigenvalue weighted by Crippen LogP contribution is 2.18. The Balaban J connectivity index is 1.65. The zero-order chi connectivity index (χ0) is 19.2. The molecule has 0 spiro atoms. The molecule has 0 unspecified atom stereocenters. The third-order valence-electron chi connectivity index (χ3n) is 3.95. The highest BCUT2D eigenvalue weighted by atomic mass is 16.5. The number of hydrogen-bond donors (Lipinski definition) is 2. The summed E-state index contributed by atoms with van der Waals surface area (Å²) >= 11 is 0. The predicted octanol–water partition coefficient (Wildman–Crippen LogP) is 3.46. The first kappa shape index (κ1) is 18.1. The summed E-state index contributed by atoms with van der Waals surface area (Å²) < 4.78 is 5.26. The predicted molar refractivity (Wildman–Crippen MR) is 103 cm³/mol. The molecule has 27 heavy (non-hydrogen) atoms. The molecule has 6 heteroatoms. The van der Waals surface area contributed by atoms with Crippen LogP contribution in [0.15, 0.2) is 71.8 Å². The summed E-state index contributed by atoms with van der Waals surface area (Å²) in [5, 5.41) is 14.7. The van der Waals surface area contributed by atoms with Crippen molar-refractivity contribution in [2.75, 3.05) is 0 Å². The molecule has 3 rings (SSSR count). The second kappa shape index (κ2) is 8.14. The van der Waals surface area contributed by atoms with Gasteiger partial charge < -0.3 is 9.84 Å². The van der Waals surface area contributed by atoms with Gasteiger partial charge in [0, 0.05) is 5.56 Å². The minimum Gasteiger partial charge on any atom is -0.479 e. The van der Waals surface area contributed by atoms with Crippen LogP contribution in [-0.2, 0) is 4.79 Å². The van der Waals surface area contributed by atoms with Crippen LogP contribution in [0.1, 0.15) is 22.8 Å². The van der Waals surface area contributed by atoms with Crippen LogP contribution < -0.4 is 10.2 Å². The third-order valence-corrected chi connectivity index (χ3v) is 3.95. The van der Waals surface area contributed by atoms with E-state index < -0.39 is 12.1 Å². The normalized spacial score (nSPS) is 12.0. The number of nitrogens with one attached hydrogen (secondary N) is 1. The minimum absolute atomic E-state index is 0.293. The summed E-state index contributed by atoms with van der Waals surface area (Å²) in [6.45, 7) is 1.46. The second-order valence-electron chi connectivity index (χ2n) is 5.89. The van der Waals surface area contributed by atoms with Gasteiger partial charge in [-0.15, -0.1) is 0 Å². The Hall–Kier alpha value is -3.67. The molecular formula is C21H18N2O4. The maximum absolute atomic E-state index is 12.4. The van der Waals surface area contributed by atoms with Gasteiger partial charge >= 0.3 is 5.97 Å². The number of carboxylic acids is 1. The van der Waals surface area contributed by atoms with E-state index in [1.807, 2.05) is 36.4 Å². The number of carbonyl (C=O) groups excluding carboxylic acids is 1. The fraction of sp³-hybridized carbons (Fsp3) is 0.0952. The van der Waals surface area contributed by atoms with Gasteiger partial charge in [-0.2, -0.15) is 5.10 Å². The number of carbonyl (C=O) groups is 2. The van der Waals surface area contributed by atoms with Gasteiger partial charge in [-0.05, 0) is 53.6 Å². The van der Waals surface area contributed by atoms with E-state index in [-0.39, 0.29) is 5.91 Å². The van der Waals surface area contributed by atoms with Crippen molar-refractivity contribution < 1.29 is 19.4 Å². The Kier molecular flexibility index (Phi) is 5.47. The first-order valence-corrected chi connectivity index (χ1v) is 8.35. The molecule has 0 saturated carbocycles. The quantitative estimate of drug-likeness (QED) is 0.519. The number of ether oxygens (including phenoxy) is 1. The van der Waals surface area contributed by atoms with E-state index in [1.165, 1.54) is 13.1 Å². The number of carboxylic acid groups (broad SMARTS) is 1. The molecule has 0 heterocycles. The molecule has 0 aliphatic carbocycles. The Bertz CT molecular complexity index is 991. The highest BCUT2D eigenvalue weighted by molar-refractivity contribution is 6.07. The van der Waals surface area contributed by atoms with Gasteiger partial charge in [-0.25, -0.2) is 10.2 Å². The molecule has 3 aromatic rings. The lowest BCUT2D eigenvalue weighted by molar-refractivity contribution is -0.144. The van der Waals surface area contributed by atoms with Crippen molar-refractivity contribution >= 4 is 28.9 Å². The summed E-state index contributed by atoms with van der Waals surface area (Å²) in [6.07, 6.45) is 0.581. The Morgan fingerprint density at radius 3 is 2.48 bits per heavy atom. The fourth-order valence-electron chi connectivity index (χ4n) is 2.54. The van der Waals surface area contributed by atoms with Gasteiger partial charge in [0.25, 0.3) is 5.91 Å². The molecule has 0 radical (unpaired) electrons. The van der Waals surface area contributed by atoms with Gasteiger partial charge in [-0.3, -0.25) is 4.79 Å². The number of rotatable bonds is 6. The van der Waals surface area contributed by atoms with E-state index in [0.29, 0.717) is 11.3 Å². The number of benzene rings is 3. The van der Waals surface area contributed by atoms with Crippen LogP contribution in [0, 0.1) is 0 Å². The monoisotopic (exact) mass is 362 g/mol. The Morgan fingerprint density at radius 1 is 1.04 bits per heavy atom. The van der Waals surface area contributed by atoms with Crippen LogP contribution >= 0.6 is 0 Å². The SMILES string of the molecule is C[C@@H](Oc1ccc(/C=N\NC(=O)c2cccc3ccccc23)cc1)C(=O)O. The third kappa shape index (κ3) is 4.49. The van der Waals surface area contributed by atoms with E-state index in [4.69, 9.17) is 9.84 Å². The van der Waals surface area contributed by atoms with Crippen LogP contribution in [0.4, 0.5) is 0 Å². The molecule has 0 saturated heterocycles. The van der Waals surface area contributed by atoms with E-state index in [1.54, 1.807) is 30.3 Å². The molecule has 1 amide bonds. The molecule has 136 valence electrons. The molecule has 0 aromatic heterocycles. The second-order valence-corrected chi connectivity index (χ2v) is 5.89. The molecular weight excluding hydrogens is 344 g/mol. The molecule has 0 fully saturated rings. The standard InChI is InChI=1S/C21H18N2O4/c1-14(21(25)26)27-17-11-9-15(10-12-17)13-22-23-20(24)19-8-4-6-16-5-2-3-7-18(16)19/h2-14H,1H3,(H,23,24)(H,25,26)/b22-13-/t14-/m1/s1. The van der Waals surface area contributed by atoms with Crippen LogP contribution in [0.3, 0.4) is 0 Å². The van der Waals surface area contributed by atoms with Crippen molar-refractivity contribution in [2.45, 2.75) is 13.0 Å². The molecule has 0 aliphatic heterocycles. The lowest BCUT2D eigenvalue weighted by Crippen LogP contribution is -2.22. The average molecular weight is 362 g/mol. The fourth-order valence-corrected chi connectivity index (χ4v) is 2.54. The summed E-state index contributed by atoms with van der Waals surface area (Å²) in [5.41, 5.74) is 3.81. The molecule has 3 aromatic carbocycles. The number of aliphatic carboxylic acids is 1. The number of amides is 1. The van der Waals surface area contributed by atoms with Crippen molar-refractivity contribution in [3.63, 3.8) is 0 Å². The van der Waals surface area contributed by atoms with Crippen LogP contribution in [0.2, 0.25) is 0 Å². The lowest BCUT2D eigenvalue weighted by Gasteiger charge is -2.09. The Morgan fingerprint density at radius 2 is 1.74 bits per heavy atom. The van der Waals surface area contributed by atoms with Gasteiger partial charge in [0.1, 0.15) is 5.75 Å². The maximum atomic E-state index is 12.4. The summed E-state index contributed by atoms with van der Waals surface area (Å²) in [4.78, 5) is 23.2. The minimum atomic E-state index is -1.03. The van der Waals surface area contributed by atoms with Crippen molar-refractivity contribution in [1.29, 1.82) is 0 Å². The van der Waals surface area contributed by atoms with Crippen molar-refractivity contribution in [3.05, 3.63) is 77.9 Å². The first-order valence-electron chi connectivity index (χ1n) is 8.35. The highest BCUT2D eigenvalue weighted by Gasteiger charge is 2.12. The van der Waals surface area contributed by atoms with E-state index in [0.717, 1.165) is 16.3 Å². The van der Waals surface area contributed by atoms with Gasteiger partial charge in [0.2, 0.25) is 0 Å². The lowest BCUT2D eigenvalue weighted by atomic mass is 10.0. The largest absolute Gasteiger partial charge is 0.479 e. The topological polar surface area (TPSA) is 88.0 Å². The van der Waals surface area contributed by atoms with E-state index in [2.05, 4.69) is 10.5 Å². The number of hydrogen-bond acceptors (Lipinski definition) is 4. The van der Waals surface area contributed by atoms with E-state index >= 15 is 0 Å². The number of nitrogens with zero attached hydrogens (tertiary/aromatic N) is 1. The molecule has 0 aliphatic rings. The average Bonchev–Trinajstić information content (AvgIpc) is 2.68. The van der Waals surface area contributed by atoms with Gasteiger partial charge in [0.15, 0.2) is 6.10 Å². The molecule has 2 N–H and O–H groups in total. The Labute approximate surface area is 156 Å². The number of hydrazone groups is 1. The maximum Gasteiger partial charge on any atom is 0.344 e. The first-order chi connectivity index (χ1) is 13.0. The summed E-state index contributed by atoms with van der Waals surface area (Å²) in [6, 6.07) is 19.9. The van der Waals surface area contributed by atoms with Crippen molar-refractivity contribution in [2.24, 2.45) is 5.10 Å². The van der Waals surface area contributed by atoms with Crippen molar-refractivity contribution in [3.8, 4) is 5.75 Å². The van der Waals surface area contributed by atoms with Crippen LogP contribution in [0.5, 0.6) is 5.75 Å². The zero-order valence-corrected chi connectivity index (χ0v) is 14.6. The van der Waals surface area contributed by atoms with Crippen LogP contribution in [-0.4, -0.2) is 29.3 Å². The van der Waals surface area contributed by atoms with Crippen molar-refractivity contribution in [1.82, 2.24) is 5.43 Å². The smallest absolute Gasteiger partial charge is 0.344 e. The summed E-state index contributed by atoms with van der Waals surface area (Å²) in [5.74, 6) is -0.878. The van der Waals surface area contributed by atoms with Crippen LogP contribution in [0.25, 0.3) is 10.8 Å².